The molecule has 0 unspecified atom stereocenters. The molecule has 0 spiro atoms. The molecule has 0 bridgehead atoms. The van der Waals surface area contributed by atoms with Crippen LogP contribution < -0.4 is 4.18 Å². The Labute approximate surface area is 253 Å². The summed E-state index contributed by atoms with van der Waals surface area (Å²) in [4.78, 5) is 53.8. The number of carbonyl (C=O) groups is 4. The summed E-state index contributed by atoms with van der Waals surface area (Å²) in [5, 5.41) is 1.96. The minimum atomic E-state index is -4.10. The minimum absolute atomic E-state index is 0.0229. The number of nitrogens with zero attached hydrogens (tertiary/aromatic N) is 2. The topological polar surface area (TPSA) is 118 Å². The second-order valence-electron chi connectivity index (χ2n) is 10.3. The fraction of sp³-hybridized carbons (Fsp3) is 0.267. The highest BCUT2D eigenvalue weighted by Crippen LogP contribution is 2.39. The van der Waals surface area contributed by atoms with Crippen LogP contribution in [-0.4, -0.2) is 48.5 Å². The van der Waals surface area contributed by atoms with E-state index in [1.54, 1.807) is 12.1 Å². The van der Waals surface area contributed by atoms with Crippen LogP contribution in [0.3, 0.4) is 0 Å². The predicted octanol–water partition coefficient (Wildman–Crippen LogP) is 5.48. The Morgan fingerprint density at radius 3 is 2.00 bits per heavy atom. The first-order chi connectivity index (χ1) is 20.0. The number of hydrazine groups is 1. The zero-order valence-electron chi connectivity index (χ0n) is 22.5. The summed E-state index contributed by atoms with van der Waals surface area (Å²) in [6, 6.07) is 15.6. The van der Waals surface area contributed by atoms with Crippen LogP contribution in [0.5, 0.6) is 5.75 Å². The molecule has 3 aromatic carbocycles. The van der Waals surface area contributed by atoms with Crippen LogP contribution in [0.15, 0.2) is 71.6 Å². The average molecular weight is 630 g/mol. The molecule has 9 nitrogen and oxygen atoms in total. The molecule has 3 amide bonds. The van der Waals surface area contributed by atoms with E-state index in [1.807, 2.05) is 6.92 Å². The fourth-order valence-corrected chi connectivity index (χ4v) is 6.43. The van der Waals surface area contributed by atoms with Crippen LogP contribution in [0.1, 0.15) is 52.0 Å². The van der Waals surface area contributed by atoms with E-state index < -0.39 is 52.0 Å². The summed E-state index contributed by atoms with van der Waals surface area (Å²) in [5.41, 5.74) is 1.04. The number of benzene rings is 3. The van der Waals surface area contributed by atoms with Crippen molar-refractivity contribution in [2.45, 2.75) is 37.5 Å². The third-order valence-corrected chi connectivity index (χ3v) is 9.45. The number of imide groups is 1. The van der Waals surface area contributed by atoms with Gasteiger partial charge in [-0.15, -0.1) is 0 Å². The van der Waals surface area contributed by atoms with Crippen LogP contribution in [0, 0.1) is 18.8 Å². The van der Waals surface area contributed by atoms with Gasteiger partial charge in [-0.25, -0.2) is 5.01 Å². The van der Waals surface area contributed by atoms with Crippen molar-refractivity contribution in [3.05, 3.63) is 93.5 Å². The van der Waals surface area contributed by atoms with Gasteiger partial charge in [0.2, 0.25) is 0 Å². The van der Waals surface area contributed by atoms with Gasteiger partial charge in [0, 0.05) is 11.1 Å². The molecule has 2 fully saturated rings. The molecule has 0 aromatic heterocycles. The summed E-state index contributed by atoms with van der Waals surface area (Å²) in [6.45, 7) is 1.20. The molecule has 2 atom stereocenters. The number of fused-ring (bicyclic) bond motifs is 1. The van der Waals surface area contributed by atoms with Gasteiger partial charge in [0.15, 0.2) is 5.78 Å². The highest BCUT2D eigenvalue weighted by Gasteiger charge is 2.51. The van der Waals surface area contributed by atoms with Crippen molar-refractivity contribution in [1.82, 2.24) is 10.0 Å². The van der Waals surface area contributed by atoms with Crippen LogP contribution in [-0.2, 0) is 19.7 Å². The SMILES string of the molecule is Cc1ccc(S(=O)(=O)Oc2ccc(C(=O)CN(C(=O)c3ccc(Cl)c(Cl)c3)N3C(=O)[C@H]4CCCC[C@@H]4C3=O)cc2)cc1. The summed E-state index contributed by atoms with van der Waals surface area (Å²) in [7, 11) is -4.10. The molecule has 3 aromatic rings. The summed E-state index contributed by atoms with van der Waals surface area (Å²) in [6.07, 6.45) is 2.65. The van der Waals surface area contributed by atoms with Crippen molar-refractivity contribution in [2.75, 3.05) is 6.54 Å². The standard InChI is InChI=1S/C30H26Cl2N2O7S/c1-18-6-13-22(14-7-18)42(39,40)41-21-11-8-19(9-12-21)27(35)17-33(28(36)20-10-15-25(31)26(32)16-20)34-29(37)23-4-2-3-5-24(23)30(34)38/h6-16,23-24H,2-5,17H2,1H3/t23-,24-/m0/s1. The smallest absolute Gasteiger partial charge is 0.339 e. The van der Waals surface area contributed by atoms with E-state index in [-0.39, 0.29) is 31.8 Å². The molecule has 1 saturated heterocycles. The van der Waals surface area contributed by atoms with Gasteiger partial charge in [0.25, 0.3) is 17.7 Å². The third-order valence-electron chi connectivity index (χ3n) is 7.45. The lowest BCUT2D eigenvalue weighted by molar-refractivity contribution is -0.154. The van der Waals surface area contributed by atoms with Crippen molar-refractivity contribution in [3.63, 3.8) is 0 Å². The van der Waals surface area contributed by atoms with Gasteiger partial charge >= 0.3 is 10.1 Å². The molecular weight excluding hydrogens is 603 g/mol. The number of halogens is 2. The molecule has 1 aliphatic carbocycles. The molecular formula is C30H26Cl2N2O7S. The van der Waals surface area contributed by atoms with Gasteiger partial charge in [-0.05, 0) is 74.4 Å². The summed E-state index contributed by atoms with van der Waals surface area (Å²) < 4.78 is 30.5. The average Bonchev–Trinajstić information content (AvgIpc) is 3.22. The van der Waals surface area contributed by atoms with Crippen molar-refractivity contribution < 1.29 is 31.8 Å². The van der Waals surface area contributed by atoms with Crippen molar-refractivity contribution in [3.8, 4) is 5.75 Å². The number of aryl methyl sites for hydroxylation is 1. The number of ketones is 1. The van der Waals surface area contributed by atoms with Crippen LogP contribution in [0.2, 0.25) is 10.0 Å². The van der Waals surface area contributed by atoms with Crippen molar-refractivity contribution in [1.29, 1.82) is 0 Å². The maximum Gasteiger partial charge on any atom is 0.339 e. The maximum atomic E-state index is 13.7. The van der Waals surface area contributed by atoms with Gasteiger partial charge in [-0.1, -0.05) is 53.7 Å². The Bertz CT molecular complexity index is 1650. The van der Waals surface area contributed by atoms with Gasteiger partial charge in [0.1, 0.15) is 17.2 Å². The second-order valence-corrected chi connectivity index (χ2v) is 12.6. The first-order valence-corrected chi connectivity index (χ1v) is 15.4. The summed E-state index contributed by atoms with van der Waals surface area (Å²) >= 11 is 12.1. The van der Waals surface area contributed by atoms with Gasteiger partial charge in [-0.2, -0.15) is 13.4 Å². The first-order valence-electron chi connectivity index (χ1n) is 13.3. The molecule has 1 saturated carbocycles. The van der Waals surface area contributed by atoms with E-state index >= 15 is 0 Å². The van der Waals surface area contributed by atoms with Crippen LogP contribution >= 0.6 is 23.2 Å². The predicted molar refractivity (Wildman–Crippen MR) is 155 cm³/mol. The molecule has 42 heavy (non-hydrogen) atoms. The zero-order chi connectivity index (χ0) is 30.2. The number of carbonyl (C=O) groups excluding carboxylic acids is 4. The number of rotatable bonds is 8. The normalized spacial score (nSPS) is 18.5. The molecule has 1 aliphatic heterocycles. The van der Waals surface area contributed by atoms with Gasteiger partial charge in [-0.3, -0.25) is 19.2 Å². The lowest BCUT2D eigenvalue weighted by Gasteiger charge is -2.30. The van der Waals surface area contributed by atoms with E-state index in [0.29, 0.717) is 12.8 Å². The highest BCUT2D eigenvalue weighted by atomic mass is 35.5. The third kappa shape index (κ3) is 5.92. The highest BCUT2D eigenvalue weighted by molar-refractivity contribution is 7.87. The van der Waals surface area contributed by atoms with Crippen molar-refractivity contribution >= 4 is 56.8 Å². The minimum Gasteiger partial charge on any atom is -0.379 e. The monoisotopic (exact) mass is 628 g/mol. The lowest BCUT2D eigenvalue weighted by Crippen LogP contribution is -2.52. The van der Waals surface area contributed by atoms with E-state index in [4.69, 9.17) is 27.4 Å². The largest absolute Gasteiger partial charge is 0.379 e. The van der Waals surface area contributed by atoms with Crippen LogP contribution in [0.25, 0.3) is 0 Å². The van der Waals surface area contributed by atoms with E-state index in [2.05, 4.69) is 0 Å². The lowest BCUT2D eigenvalue weighted by atomic mass is 9.81. The first kappa shape index (κ1) is 29.8. The number of hydrogen-bond donors (Lipinski definition) is 0. The maximum absolute atomic E-state index is 13.7. The Morgan fingerprint density at radius 2 is 1.43 bits per heavy atom. The molecule has 1 heterocycles. The molecule has 2 aliphatic rings. The molecule has 0 radical (unpaired) electrons. The Balaban J connectivity index is 1.40. The van der Waals surface area contributed by atoms with Crippen LogP contribution in [0.4, 0.5) is 0 Å². The fourth-order valence-electron chi connectivity index (χ4n) is 5.20. The number of Topliss-reactive ketones (excluding diaryl/α,β-unsaturated/α-hetero) is 1. The van der Waals surface area contributed by atoms with Gasteiger partial charge < -0.3 is 4.18 Å². The van der Waals surface area contributed by atoms with Crippen molar-refractivity contribution in [2.24, 2.45) is 11.8 Å². The number of hydrogen-bond acceptors (Lipinski definition) is 7. The van der Waals surface area contributed by atoms with Gasteiger partial charge in [0.05, 0.1) is 21.9 Å². The Morgan fingerprint density at radius 1 is 0.857 bits per heavy atom. The molecule has 0 N–H and O–H groups in total. The molecule has 5 rings (SSSR count). The molecule has 12 heteroatoms. The van der Waals surface area contributed by atoms with E-state index in [0.717, 1.165) is 28.4 Å². The number of amides is 3. The Hall–Kier alpha value is -3.73. The van der Waals surface area contributed by atoms with E-state index in [1.165, 1.54) is 54.6 Å². The quantitative estimate of drug-likeness (QED) is 0.184. The second kappa shape index (κ2) is 11.9. The molecule has 218 valence electrons. The van der Waals surface area contributed by atoms with E-state index in [9.17, 15) is 27.6 Å². The zero-order valence-corrected chi connectivity index (χ0v) is 24.8. The summed E-state index contributed by atoms with van der Waals surface area (Å²) in [5.74, 6) is -3.51. The Kier molecular flexibility index (Phi) is 8.41.